The summed E-state index contributed by atoms with van der Waals surface area (Å²) in [4.78, 5) is 14.2. The SMILES string of the molecule is CC1CCCN(C(=O)C2CC(O)CN2)C1C. The normalized spacial score (nSPS) is 40.1. The van der Waals surface area contributed by atoms with Crippen molar-refractivity contribution in [3.05, 3.63) is 0 Å². The van der Waals surface area contributed by atoms with Crippen molar-refractivity contribution in [3.8, 4) is 0 Å². The van der Waals surface area contributed by atoms with Crippen molar-refractivity contribution in [3.63, 3.8) is 0 Å². The van der Waals surface area contributed by atoms with Crippen molar-refractivity contribution in [1.29, 1.82) is 0 Å². The standard InChI is InChI=1S/C12H22N2O2/c1-8-4-3-5-14(9(8)2)12(16)11-6-10(15)7-13-11/h8-11,13,15H,3-7H2,1-2H3. The first-order chi connectivity index (χ1) is 7.59. The van der Waals surface area contributed by atoms with E-state index in [0.717, 1.165) is 13.0 Å². The summed E-state index contributed by atoms with van der Waals surface area (Å²) in [5.41, 5.74) is 0. The Morgan fingerprint density at radius 3 is 2.81 bits per heavy atom. The maximum absolute atomic E-state index is 12.3. The first-order valence-corrected chi connectivity index (χ1v) is 6.31. The van der Waals surface area contributed by atoms with Crippen LogP contribution < -0.4 is 5.32 Å². The van der Waals surface area contributed by atoms with Gasteiger partial charge in [0.1, 0.15) is 0 Å². The summed E-state index contributed by atoms with van der Waals surface area (Å²) in [6.45, 7) is 5.76. The lowest BCUT2D eigenvalue weighted by Gasteiger charge is -2.39. The van der Waals surface area contributed by atoms with Crippen molar-refractivity contribution in [1.82, 2.24) is 10.2 Å². The second-order valence-electron chi connectivity index (χ2n) is 5.24. The fraction of sp³-hybridized carbons (Fsp3) is 0.917. The minimum Gasteiger partial charge on any atom is -0.392 e. The van der Waals surface area contributed by atoms with Gasteiger partial charge in [-0.25, -0.2) is 0 Å². The molecule has 1 amide bonds. The molecule has 4 nitrogen and oxygen atoms in total. The molecule has 16 heavy (non-hydrogen) atoms. The Morgan fingerprint density at radius 1 is 1.44 bits per heavy atom. The molecule has 0 aromatic carbocycles. The summed E-state index contributed by atoms with van der Waals surface area (Å²) >= 11 is 0. The smallest absolute Gasteiger partial charge is 0.240 e. The molecule has 2 saturated heterocycles. The Morgan fingerprint density at radius 2 is 2.19 bits per heavy atom. The molecular formula is C12H22N2O2. The quantitative estimate of drug-likeness (QED) is 0.678. The van der Waals surface area contributed by atoms with Crippen LogP contribution in [0.25, 0.3) is 0 Å². The van der Waals surface area contributed by atoms with Crippen LogP contribution in [0, 0.1) is 5.92 Å². The van der Waals surface area contributed by atoms with Crippen LogP contribution in [0.5, 0.6) is 0 Å². The summed E-state index contributed by atoms with van der Waals surface area (Å²) in [6, 6.07) is 0.170. The molecule has 2 rings (SSSR count). The molecule has 0 aromatic rings. The Bertz CT molecular complexity index is 270. The fourth-order valence-corrected chi connectivity index (χ4v) is 2.75. The third-order valence-electron chi connectivity index (χ3n) is 4.06. The molecule has 4 unspecified atom stereocenters. The number of hydrogen-bond acceptors (Lipinski definition) is 3. The molecular weight excluding hydrogens is 204 g/mol. The molecule has 2 heterocycles. The molecule has 2 N–H and O–H groups in total. The van der Waals surface area contributed by atoms with E-state index >= 15 is 0 Å². The number of aliphatic hydroxyl groups excluding tert-OH is 1. The second kappa shape index (κ2) is 4.72. The number of hydrogen-bond donors (Lipinski definition) is 2. The van der Waals surface area contributed by atoms with E-state index in [1.165, 1.54) is 6.42 Å². The van der Waals surface area contributed by atoms with Gasteiger partial charge in [-0.3, -0.25) is 4.79 Å². The molecule has 0 radical (unpaired) electrons. The third-order valence-corrected chi connectivity index (χ3v) is 4.06. The molecule has 0 aliphatic carbocycles. The van der Waals surface area contributed by atoms with Crippen LogP contribution in [0.4, 0.5) is 0 Å². The molecule has 0 bridgehead atoms. The number of likely N-dealkylation sites (tertiary alicyclic amines) is 1. The number of aliphatic hydroxyl groups is 1. The molecule has 4 heteroatoms. The van der Waals surface area contributed by atoms with Crippen LogP contribution in [0.1, 0.15) is 33.1 Å². The monoisotopic (exact) mass is 226 g/mol. The van der Waals surface area contributed by atoms with E-state index in [4.69, 9.17) is 0 Å². The molecule has 4 atom stereocenters. The van der Waals surface area contributed by atoms with Gasteiger partial charge >= 0.3 is 0 Å². The van der Waals surface area contributed by atoms with E-state index in [2.05, 4.69) is 19.2 Å². The minimum absolute atomic E-state index is 0.164. The van der Waals surface area contributed by atoms with Gasteiger partial charge in [0.15, 0.2) is 0 Å². The Balaban J connectivity index is 1.98. The van der Waals surface area contributed by atoms with E-state index in [0.29, 0.717) is 24.9 Å². The Kier molecular flexibility index (Phi) is 3.50. The number of nitrogens with one attached hydrogen (secondary N) is 1. The fourth-order valence-electron chi connectivity index (χ4n) is 2.75. The highest BCUT2D eigenvalue weighted by Crippen LogP contribution is 2.24. The molecule has 0 saturated carbocycles. The zero-order valence-corrected chi connectivity index (χ0v) is 10.1. The third kappa shape index (κ3) is 2.23. The van der Waals surface area contributed by atoms with Crippen molar-refractivity contribution in [2.75, 3.05) is 13.1 Å². The summed E-state index contributed by atoms with van der Waals surface area (Å²) < 4.78 is 0. The zero-order valence-electron chi connectivity index (χ0n) is 10.1. The molecule has 2 aliphatic heterocycles. The Hall–Kier alpha value is -0.610. The van der Waals surface area contributed by atoms with Crippen molar-refractivity contribution >= 4 is 5.91 Å². The summed E-state index contributed by atoms with van der Waals surface area (Å²) in [5, 5.41) is 12.5. The van der Waals surface area contributed by atoms with Gasteiger partial charge in [-0.1, -0.05) is 6.92 Å². The predicted molar refractivity (Wildman–Crippen MR) is 62.0 cm³/mol. The minimum atomic E-state index is -0.355. The molecule has 92 valence electrons. The number of nitrogens with zero attached hydrogens (tertiary/aromatic N) is 1. The first-order valence-electron chi connectivity index (χ1n) is 6.31. The van der Waals surface area contributed by atoms with E-state index in [1.807, 2.05) is 4.90 Å². The second-order valence-corrected chi connectivity index (χ2v) is 5.24. The average molecular weight is 226 g/mol. The number of piperidine rings is 1. The van der Waals surface area contributed by atoms with Gasteiger partial charge < -0.3 is 15.3 Å². The molecule has 0 spiro atoms. The van der Waals surface area contributed by atoms with Gasteiger partial charge in [0.05, 0.1) is 12.1 Å². The van der Waals surface area contributed by atoms with Crippen molar-refractivity contribution < 1.29 is 9.90 Å². The number of carbonyl (C=O) groups is 1. The Labute approximate surface area is 97.0 Å². The van der Waals surface area contributed by atoms with Crippen molar-refractivity contribution in [2.45, 2.75) is 51.3 Å². The van der Waals surface area contributed by atoms with Crippen LogP contribution in [-0.2, 0) is 4.79 Å². The molecule has 0 aromatic heterocycles. The largest absolute Gasteiger partial charge is 0.392 e. The lowest BCUT2D eigenvalue weighted by Crippen LogP contribution is -2.52. The number of β-amino-alcohol motifs (C(OH)–C–C–N with tert-alkyl or cyclic N) is 1. The van der Waals surface area contributed by atoms with Gasteiger partial charge in [-0.15, -0.1) is 0 Å². The van der Waals surface area contributed by atoms with Gasteiger partial charge in [0, 0.05) is 19.1 Å². The van der Waals surface area contributed by atoms with Gasteiger partial charge in [0.2, 0.25) is 5.91 Å². The summed E-state index contributed by atoms with van der Waals surface area (Å²) in [6.07, 6.45) is 2.53. The zero-order chi connectivity index (χ0) is 11.7. The number of rotatable bonds is 1. The average Bonchev–Trinajstić information content (AvgIpc) is 2.68. The summed E-state index contributed by atoms with van der Waals surface area (Å²) in [5.74, 6) is 0.764. The highest BCUT2D eigenvalue weighted by Gasteiger charge is 2.35. The maximum Gasteiger partial charge on any atom is 0.240 e. The van der Waals surface area contributed by atoms with Crippen LogP contribution >= 0.6 is 0 Å². The molecule has 2 aliphatic rings. The highest BCUT2D eigenvalue weighted by atomic mass is 16.3. The van der Waals surface area contributed by atoms with Crippen LogP contribution in [0.3, 0.4) is 0 Å². The van der Waals surface area contributed by atoms with Crippen molar-refractivity contribution in [2.24, 2.45) is 5.92 Å². The molecule has 2 fully saturated rings. The van der Waals surface area contributed by atoms with Crippen LogP contribution in [0.2, 0.25) is 0 Å². The first kappa shape index (κ1) is 11.9. The number of amides is 1. The van der Waals surface area contributed by atoms with Crippen LogP contribution in [0.15, 0.2) is 0 Å². The predicted octanol–water partition coefficient (Wildman–Crippen LogP) is 0.356. The number of carbonyl (C=O) groups excluding carboxylic acids is 1. The summed E-state index contributed by atoms with van der Waals surface area (Å²) in [7, 11) is 0. The van der Waals surface area contributed by atoms with E-state index < -0.39 is 0 Å². The van der Waals surface area contributed by atoms with E-state index in [-0.39, 0.29) is 18.1 Å². The lowest BCUT2D eigenvalue weighted by atomic mass is 9.91. The van der Waals surface area contributed by atoms with Gasteiger partial charge in [-0.05, 0) is 32.1 Å². The van der Waals surface area contributed by atoms with E-state index in [9.17, 15) is 9.90 Å². The topological polar surface area (TPSA) is 52.6 Å². The maximum atomic E-state index is 12.3. The lowest BCUT2D eigenvalue weighted by molar-refractivity contribution is -0.137. The van der Waals surface area contributed by atoms with Gasteiger partial charge in [0.25, 0.3) is 0 Å². The van der Waals surface area contributed by atoms with Gasteiger partial charge in [-0.2, -0.15) is 0 Å². The van der Waals surface area contributed by atoms with E-state index in [1.54, 1.807) is 0 Å². The van der Waals surface area contributed by atoms with Crippen LogP contribution in [-0.4, -0.2) is 47.2 Å². The highest BCUT2D eigenvalue weighted by molar-refractivity contribution is 5.82.